The molecule has 0 radical (unpaired) electrons. The standard InChI is InChI=1S/C16H9F2NO/c17-12-6-5-10-7-9-3-1-2-4-11(9)16-15(19-8-20-16)13(10)14(12)18/h1-6,8H,7H2. The molecule has 0 saturated heterocycles. The van der Waals surface area contributed by atoms with Crippen LogP contribution in [0.15, 0.2) is 47.2 Å². The first-order chi connectivity index (χ1) is 9.75. The van der Waals surface area contributed by atoms with Gasteiger partial charge in [0.25, 0.3) is 0 Å². The van der Waals surface area contributed by atoms with E-state index in [1.807, 2.05) is 24.3 Å². The summed E-state index contributed by atoms with van der Waals surface area (Å²) in [6, 6.07) is 10.4. The third-order valence-corrected chi connectivity index (χ3v) is 3.63. The van der Waals surface area contributed by atoms with E-state index in [1.165, 1.54) is 6.39 Å². The molecule has 2 aromatic carbocycles. The molecule has 1 heterocycles. The SMILES string of the molecule is Fc1ccc2c(c1F)-c1ncoc1-c1ccccc1C2. The first-order valence-electron chi connectivity index (χ1n) is 6.24. The molecule has 4 rings (SSSR count). The Labute approximate surface area is 113 Å². The molecule has 0 aliphatic heterocycles. The second-order valence-corrected chi connectivity index (χ2v) is 4.76. The number of rotatable bonds is 0. The van der Waals surface area contributed by atoms with Gasteiger partial charge in [-0.1, -0.05) is 30.3 Å². The van der Waals surface area contributed by atoms with Gasteiger partial charge in [-0.05, 0) is 23.6 Å². The third kappa shape index (κ3) is 1.45. The Balaban J connectivity index is 2.13. The van der Waals surface area contributed by atoms with E-state index in [0.29, 0.717) is 23.4 Å². The van der Waals surface area contributed by atoms with Gasteiger partial charge in [-0.15, -0.1) is 0 Å². The maximum atomic E-state index is 14.2. The Bertz CT molecular complexity index is 823. The van der Waals surface area contributed by atoms with Crippen molar-refractivity contribution in [2.75, 3.05) is 0 Å². The molecule has 1 aliphatic rings. The van der Waals surface area contributed by atoms with E-state index >= 15 is 0 Å². The lowest BCUT2D eigenvalue weighted by Gasteiger charge is -2.07. The van der Waals surface area contributed by atoms with Gasteiger partial charge in [0.2, 0.25) is 0 Å². The van der Waals surface area contributed by atoms with Crippen molar-refractivity contribution in [3.05, 3.63) is 65.6 Å². The zero-order valence-electron chi connectivity index (χ0n) is 10.4. The molecule has 2 nitrogen and oxygen atoms in total. The molecule has 1 aromatic heterocycles. The van der Waals surface area contributed by atoms with Crippen LogP contribution in [0.2, 0.25) is 0 Å². The molecule has 4 heteroatoms. The lowest BCUT2D eigenvalue weighted by molar-refractivity contribution is 0.510. The fourth-order valence-corrected chi connectivity index (χ4v) is 2.71. The van der Waals surface area contributed by atoms with Crippen LogP contribution in [-0.4, -0.2) is 4.98 Å². The highest BCUT2D eigenvalue weighted by molar-refractivity contribution is 5.83. The van der Waals surface area contributed by atoms with Crippen LogP contribution < -0.4 is 0 Å². The molecule has 0 unspecified atom stereocenters. The minimum atomic E-state index is -0.872. The van der Waals surface area contributed by atoms with E-state index in [2.05, 4.69) is 4.98 Å². The van der Waals surface area contributed by atoms with Gasteiger partial charge in [-0.3, -0.25) is 0 Å². The summed E-state index contributed by atoms with van der Waals surface area (Å²) in [6.45, 7) is 0. The summed E-state index contributed by atoms with van der Waals surface area (Å²) in [7, 11) is 0. The fraction of sp³-hybridized carbons (Fsp3) is 0.0625. The van der Waals surface area contributed by atoms with Gasteiger partial charge < -0.3 is 4.42 Å². The highest BCUT2D eigenvalue weighted by Gasteiger charge is 2.26. The van der Waals surface area contributed by atoms with E-state index in [-0.39, 0.29) is 5.56 Å². The van der Waals surface area contributed by atoms with E-state index in [1.54, 1.807) is 6.07 Å². The minimum absolute atomic E-state index is 0.199. The lowest BCUT2D eigenvalue weighted by Crippen LogP contribution is -1.96. The van der Waals surface area contributed by atoms with Crippen LogP contribution in [-0.2, 0) is 6.42 Å². The number of aromatic nitrogens is 1. The molecule has 3 aromatic rings. The van der Waals surface area contributed by atoms with Gasteiger partial charge in [0.05, 0.1) is 0 Å². The maximum absolute atomic E-state index is 14.2. The molecule has 20 heavy (non-hydrogen) atoms. The highest BCUT2D eigenvalue weighted by atomic mass is 19.2. The predicted octanol–water partition coefficient (Wildman–Crippen LogP) is 4.19. The van der Waals surface area contributed by atoms with E-state index in [0.717, 1.165) is 17.2 Å². The van der Waals surface area contributed by atoms with Gasteiger partial charge in [-0.2, -0.15) is 0 Å². The molecule has 98 valence electrons. The molecule has 0 bridgehead atoms. The average Bonchev–Trinajstić information content (AvgIpc) is 2.88. The molecule has 0 N–H and O–H groups in total. The molecule has 1 aliphatic carbocycles. The Morgan fingerprint density at radius 2 is 1.85 bits per heavy atom. The largest absolute Gasteiger partial charge is 0.443 e. The van der Waals surface area contributed by atoms with E-state index in [9.17, 15) is 8.78 Å². The maximum Gasteiger partial charge on any atom is 0.182 e. The fourth-order valence-electron chi connectivity index (χ4n) is 2.71. The Kier molecular flexibility index (Phi) is 2.27. The second kappa shape index (κ2) is 4.00. The smallest absolute Gasteiger partial charge is 0.182 e. The molecule has 0 saturated carbocycles. The monoisotopic (exact) mass is 269 g/mol. The number of oxazole rings is 1. The van der Waals surface area contributed by atoms with Gasteiger partial charge in [0.1, 0.15) is 5.69 Å². The lowest BCUT2D eigenvalue weighted by atomic mass is 9.99. The second-order valence-electron chi connectivity index (χ2n) is 4.76. The predicted molar refractivity (Wildman–Crippen MR) is 70.1 cm³/mol. The minimum Gasteiger partial charge on any atom is -0.443 e. The topological polar surface area (TPSA) is 26.0 Å². The van der Waals surface area contributed by atoms with Crippen molar-refractivity contribution in [2.45, 2.75) is 6.42 Å². The van der Waals surface area contributed by atoms with Gasteiger partial charge in [0, 0.05) is 11.1 Å². The average molecular weight is 269 g/mol. The van der Waals surface area contributed by atoms with Crippen molar-refractivity contribution in [2.24, 2.45) is 0 Å². The number of hydrogen-bond acceptors (Lipinski definition) is 2. The van der Waals surface area contributed by atoms with E-state index < -0.39 is 11.6 Å². The number of fused-ring (bicyclic) bond motifs is 5. The van der Waals surface area contributed by atoms with Crippen LogP contribution in [0, 0.1) is 11.6 Å². The van der Waals surface area contributed by atoms with Gasteiger partial charge in [0.15, 0.2) is 23.8 Å². The third-order valence-electron chi connectivity index (χ3n) is 3.63. The molecule has 0 spiro atoms. The number of hydrogen-bond donors (Lipinski definition) is 0. The normalized spacial score (nSPS) is 12.3. The number of nitrogens with zero attached hydrogens (tertiary/aromatic N) is 1. The molecular formula is C16H9F2NO. The zero-order chi connectivity index (χ0) is 13.7. The summed E-state index contributed by atoms with van der Waals surface area (Å²) >= 11 is 0. The summed E-state index contributed by atoms with van der Waals surface area (Å²) in [6.07, 6.45) is 1.79. The van der Waals surface area contributed by atoms with E-state index in [4.69, 9.17) is 4.42 Å². The van der Waals surface area contributed by atoms with Crippen molar-refractivity contribution in [3.8, 4) is 22.6 Å². The Morgan fingerprint density at radius 3 is 2.75 bits per heavy atom. The van der Waals surface area contributed by atoms with Crippen LogP contribution >= 0.6 is 0 Å². The Morgan fingerprint density at radius 1 is 1.00 bits per heavy atom. The van der Waals surface area contributed by atoms with Crippen LogP contribution in [0.3, 0.4) is 0 Å². The number of halogens is 2. The summed E-state index contributed by atoms with van der Waals surface area (Å²) < 4.78 is 33.1. The molecule has 0 fully saturated rings. The van der Waals surface area contributed by atoms with Crippen LogP contribution in [0.5, 0.6) is 0 Å². The zero-order valence-corrected chi connectivity index (χ0v) is 10.4. The Hall–Kier alpha value is -2.49. The van der Waals surface area contributed by atoms with Crippen molar-refractivity contribution in [3.63, 3.8) is 0 Å². The summed E-state index contributed by atoms with van der Waals surface area (Å²) in [5.74, 6) is -1.25. The molecular weight excluding hydrogens is 260 g/mol. The van der Waals surface area contributed by atoms with Crippen LogP contribution in [0.4, 0.5) is 8.78 Å². The molecule has 0 amide bonds. The van der Waals surface area contributed by atoms with Crippen molar-refractivity contribution < 1.29 is 13.2 Å². The number of benzene rings is 2. The summed E-state index contributed by atoms with van der Waals surface area (Å²) in [5.41, 5.74) is 3.15. The summed E-state index contributed by atoms with van der Waals surface area (Å²) in [4.78, 5) is 4.09. The van der Waals surface area contributed by atoms with Crippen molar-refractivity contribution >= 4 is 0 Å². The van der Waals surface area contributed by atoms with Crippen molar-refractivity contribution in [1.29, 1.82) is 0 Å². The molecule has 0 atom stereocenters. The first kappa shape index (κ1) is 11.3. The quantitative estimate of drug-likeness (QED) is 0.478. The van der Waals surface area contributed by atoms with Gasteiger partial charge >= 0.3 is 0 Å². The highest BCUT2D eigenvalue weighted by Crippen LogP contribution is 2.41. The summed E-state index contributed by atoms with van der Waals surface area (Å²) in [5, 5.41) is 0. The first-order valence-corrected chi connectivity index (χ1v) is 6.24. The van der Waals surface area contributed by atoms with Gasteiger partial charge in [-0.25, -0.2) is 13.8 Å². The van der Waals surface area contributed by atoms with Crippen LogP contribution in [0.25, 0.3) is 22.6 Å². The van der Waals surface area contributed by atoms with Crippen molar-refractivity contribution in [1.82, 2.24) is 4.98 Å². The van der Waals surface area contributed by atoms with Crippen LogP contribution in [0.1, 0.15) is 11.1 Å².